The minimum Gasteiger partial charge on any atom is -0.361 e. The largest absolute Gasteiger partial charge is 0.361 e. The Kier molecular flexibility index (Phi) is 6.70. The van der Waals surface area contributed by atoms with E-state index in [1.54, 1.807) is 0 Å². The summed E-state index contributed by atoms with van der Waals surface area (Å²) in [5.74, 6) is 0.986. The van der Waals surface area contributed by atoms with E-state index in [1.807, 2.05) is 30.5 Å². The van der Waals surface area contributed by atoms with E-state index in [4.69, 9.17) is 0 Å². The zero-order valence-electron chi connectivity index (χ0n) is 20.0. The van der Waals surface area contributed by atoms with Gasteiger partial charge in [-0.1, -0.05) is 51.2 Å². The zero-order chi connectivity index (χ0) is 23.5. The Labute approximate surface area is 201 Å². The molecule has 2 aliphatic carbocycles. The summed E-state index contributed by atoms with van der Waals surface area (Å²) in [6.07, 6.45) is 12.0. The quantitative estimate of drug-likeness (QED) is 0.382. The summed E-state index contributed by atoms with van der Waals surface area (Å²) in [6.45, 7) is 2.19. The van der Waals surface area contributed by atoms with E-state index in [0.29, 0.717) is 5.92 Å². The molecule has 5 heteroatoms. The number of carbonyl (C=O) groups excluding carboxylic acids is 2. The molecule has 2 atom stereocenters. The first kappa shape index (κ1) is 22.7. The molecule has 2 aromatic carbocycles. The van der Waals surface area contributed by atoms with Crippen LogP contribution >= 0.6 is 0 Å². The molecule has 2 amide bonds. The number of nitrogens with one attached hydrogen (secondary N) is 3. The molecule has 2 aliphatic rings. The van der Waals surface area contributed by atoms with Crippen molar-refractivity contribution in [3.8, 4) is 11.1 Å². The van der Waals surface area contributed by atoms with Crippen LogP contribution in [0.3, 0.4) is 0 Å². The topological polar surface area (TPSA) is 74.0 Å². The van der Waals surface area contributed by atoms with Crippen LogP contribution in [-0.4, -0.2) is 16.8 Å². The summed E-state index contributed by atoms with van der Waals surface area (Å²) in [6, 6.07) is 14.1. The van der Waals surface area contributed by atoms with E-state index in [1.165, 1.54) is 12.8 Å². The molecule has 2 saturated carbocycles. The highest BCUT2D eigenvalue weighted by Crippen LogP contribution is 2.33. The molecular weight excluding hydrogens is 422 g/mol. The lowest BCUT2D eigenvalue weighted by Crippen LogP contribution is -2.30. The van der Waals surface area contributed by atoms with Crippen molar-refractivity contribution in [1.29, 1.82) is 0 Å². The standard InChI is InChI=1S/C29H35N3O2/c1-19-7-5-6-10-24(19)29(34)31-22-13-11-20(12-14-22)26-18-30-27-16-15-23(17-25(26)27)32-28(33)21-8-3-2-4-9-21/h11-19,21,24,30H,2-10H2,1H3,(H,31,34)(H,32,33). The Bertz CT molecular complexity index is 1160. The summed E-state index contributed by atoms with van der Waals surface area (Å²) in [5, 5.41) is 7.33. The molecule has 34 heavy (non-hydrogen) atoms. The van der Waals surface area contributed by atoms with Gasteiger partial charge < -0.3 is 15.6 Å². The molecule has 1 heterocycles. The van der Waals surface area contributed by atoms with Gasteiger partial charge in [0, 0.05) is 45.9 Å². The van der Waals surface area contributed by atoms with Crippen molar-refractivity contribution >= 4 is 34.1 Å². The number of hydrogen-bond acceptors (Lipinski definition) is 2. The van der Waals surface area contributed by atoms with E-state index in [9.17, 15) is 9.59 Å². The van der Waals surface area contributed by atoms with Crippen molar-refractivity contribution in [2.45, 2.75) is 64.7 Å². The van der Waals surface area contributed by atoms with Gasteiger partial charge >= 0.3 is 0 Å². The number of fused-ring (bicyclic) bond motifs is 1. The fourth-order valence-corrected chi connectivity index (χ4v) is 5.72. The van der Waals surface area contributed by atoms with Gasteiger partial charge in [0.25, 0.3) is 0 Å². The van der Waals surface area contributed by atoms with Crippen LogP contribution in [0, 0.1) is 17.8 Å². The second-order valence-electron chi connectivity index (χ2n) is 10.2. The Hall–Kier alpha value is -3.08. The van der Waals surface area contributed by atoms with E-state index in [0.717, 1.165) is 78.4 Å². The molecule has 1 aromatic heterocycles. The first-order chi connectivity index (χ1) is 16.6. The number of carbonyl (C=O) groups is 2. The highest BCUT2D eigenvalue weighted by atomic mass is 16.2. The van der Waals surface area contributed by atoms with Gasteiger partial charge in [-0.15, -0.1) is 0 Å². The van der Waals surface area contributed by atoms with E-state index >= 15 is 0 Å². The van der Waals surface area contributed by atoms with E-state index in [-0.39, 0.29) is 23.7 Å². The molecule has 0 radical (unpaired) electrons. The number of hydrogen-bond donors (Lipinski definition) is 3. The molecule has 0 spiro atoms. The minimum atomic E-state index is 0.115. The number of anilines is 2. The predicted molar refractivity (Wildman–Crippen MR) is 139 cm³/mol. The molecule has 0 saturated heterocycles. The Morgan fingerprint density at radius 1 is 0.794 bits per heavy atom. The van der Waals surface area contributed by atoms with Crippen LogP contribution in [0.4, 0.5) is 11.4 Å². The van der Waals surface area contributed by atoms with Crippen molar-refractivity contribution in [3.63, 3.8) is 0 Å². The maximum atomic E-state index is 12.8. The SMILES string of the molecule is CC1CCCCC1C(=O)Nc1ccc(-c2c[nH]c3ccc(NC(=O)C4CCCCC4)cc23)cc1. The smallest absolute Gasteiger partial charge is 0.227 e. The second-order valence-corrected chi connectivity index (χ2v) is 10.2. The summed E-state index contributed by atoms with van der Waals surface area (Å²) in [7, 11) is 0. The summed E-state index contributed by atoms with van der Waals surface area (Å²) < 4.78 is 0. The molecule has 2 unspecified atom stereocenters. The van der Waals surface area contributed by atoms with Gasteiger partial charge in [0.1, 0.15) is 0 Å². The van der Waals surface area contributed by atoms with Gasteiger partial charge in [-0.05, 0) is 67.5 Å². The number of H-pyrrole nitrogens is 1. The van der Waals surface area contributed by atoms with Crippen LogP contribution in [0.25, 0.3) is 22.0 Å². The van der Waals surface area contributed by atoms with Gasteiger partial charge in [-0.25, -0.2) is 0 Å². The number of aromatic amines is 1. The number of rotatable bonds is 5. The average Bonchev–Trinajstić information content (AvgIpc) is 3.28. The predicted octanol–water partition coefficient (Wildman–Crippen LogP) is 7.12. The number of amides is 2. The maximum absolute atomic E-state index is 12.8. The normalized spacial score (nSPS) is 21.3. The molecular formula is C29H35N3O2. The lowest BCUT2D eigenvalue weighted by Gasteiger charge is -2.27. The van der Waals surface area contributed by atoms with Crippen LogP contribution in [0.15, 0.2) is 48.7 Å². The van der Waals surface area contributed by atoms with Gasteiger partial charge in [-0.3, -0.25) is 9.59 Å². The Balaban J connectivity index is 1.30. The first-order valence-electron chi connectivity index (χ1n) is 12.9. The highest BCUT2D eigenvalue weighted by Gasteiger charge is 2.27. The summed E-state index contributed by atoms with van der Waals surface area (Å²) in [5.41, 5.74) is 4.88. The fraction of sp³-hybridized carbons (Fsp3) is 0.448. The third-order valence-electron chi connectivity index (χ3n) is 7.84. The van der Waals surface area contributed by atoms with Crippen LogP contribution in [0.2, 0.25) is 0 Å². The summed E-state index contributed by atoms with van der Waals surface area (Å²) in [4.78, 5) is 28.8. The van der Waals surface area contributed by atoms with Crippen LogP contribution < -0.4 is 10.6 Å². The third kappa shape index (κ3) is 4.89. The fourth-order valence-electron chi connectivity index (χ4n) is 5.72. The van der Waals surface area contributed by atoms with Gasteiger partial charge in [0.15, 0.2) is 0 Å². The minimum absolute atomic E-state index is 0.115. The first-order valence-corrected chi connectivity index (χ1v) is 12.9. The Morgan fingerprint density at radius 2 is 1.47 bits per heavy atom. The molecule has 5 rings (SSSR count). The molecule has 0 aliphatic heterocycles. The zero-order valence-corrected chi connectivity index (χ0v) is 20.0. The van der Waals surface area contributed by atoms with Crippen molar-refractivity contribution in [2.24, 2.45) is 17.8 Å². The average molecular weight is 458 g/mol. The van der Waals surface area contributed by atoms with Crippen LogP contribution in [-0.2, 0) is 9.59 Å². The van der Waals surface area contributed by atoms with Crippen LogP contribution in [0.5, 0.6) is 0 Å². The van der Waals surface area contributed by atoms with Crippen molar-refractivity contribution in [3.05, 3.63) is 48.7 Å². The highest BCUT2D eigenvalue weighted by molar-refractivity contribution is 6.00. The number of benzene rings is 2. The maximum Gasteiger partial charge on any atom is 0.227 e. The lowest BCUT2D eigenvalue weighted by molar-refractivity contribution is -0.122. The van der Waals surface area contributed by atoms with E-state index < -0.39 is 0 Å². The molecule has 3 N–H and O–H groups in total. The number of aromatic nitrogens is 1. The van der Waals surface area contributed by atoms with Gasteiger partial charge in [0.2, 0.25) is 11.8 Å². The monoisotopic (exact) mass is 457 g/mol. The van der Waals surface area contributed by atoms with Crippen molar-refractivity contribution < 1.29 is 9.59 Å². The summed E-state index contributed by atoms with van der Waals surface area (Å²) >= 11 is 0. The van der Waals surface area contributed by atoms with Gasteiger partial charge in [0.05, 0.1) is 0 Å². The van der Waals surface area contributed by atoms with Crippen molar-refractivity contribution in [1.82, 2.24) is 4.98 Å². The second kappa shape index (κ2) is 10.0. The molecule has 2 fully saturated rings. The van der Waals surface area contributed by atoms with Gasteiger partial charge in [-0.2, -0.15) is 0 Å². The molecule has 178 valence electrons. The Morgan fingerprint density at radius 3 is 2.24 bits per heavy atom. The van der Waals surface area contributed by atoms with E-state index in [2.05, 4.69) is 40.7 Å². The lowest BCUT2D eigenvalue weighted by atomic mass is 9.80. The molecule has 5 nitrogen and oxygen atoms in total. The van der Waals surface area contributed by atoms with Crippen molar-refractivity contribution in [2.75, 3.05) is 10.6 Å². The molecule has 3 aromatic rings. The third-order valence-corrected chi connectivity index (χ3v) is 7.84. The molecule has 0 bridgehead atoms. The van der Waals surface area contributed by atoms with Crippen LogP contribution in [0.1, 0.15) is 64.7 Å².